The monoisotopic (exact) mass is 316 g/mol. The van der Waals surface area contributed by atoms with Gasteiger partial charge in [-0.1, -0.05) is 15.9 Å². The maximum Gasteiger partial charge on any atom is 0.418 e. The second kappa shape index (κ2) is 4.97. The molecule has 18 heavy (non-hydrogen) atoms. The molecule has 0 bridgehead atoms. The minimum Gasteiger partial charge on any atom is -0.354 e. The lowest BCUT2D eigenvalue weighted by Crippen LogP contribution is -2.08. The molecule has 0 saturated heterocycles. The normalized spacial score (nSPS) is 11.3. The van der Waals surface area contributed by atoms with Gasteiger partial charge in [0, 0.05) is 10.7 Å². The van der Waals surface area contributed by atoms with E-state index in [-0.39, 0.29) is 5.69 Å². The summed E-state index contributed by atoms with van der Waals surface area (Å²) in [6, 6.07) is 7.26. The summed E-state index contributed by atoms with van der Waals surface area (Å²) in [5, 5.41) is 2.70. The van der Waals surface area contributed by atoms with Gasteiger partial charge >= 0.3 is 6.18 Å². The quantitative estimate of drug-likeness (QED) is 0.875. The van der Waals surface area contributed by atoms with E-state index in [1.807, 2.05) is 0 Å². The van der Waals surface area contributed by atoms with Gasteiger partial charge in [-0.25, -0.2) is 0 Å². The number of nitrogens with one attached hydrogen (secondary N) is 1. The van der Waals surface area contributed by atoms with Crippen molar-refractivity contribution in [2.24, 2.45) is 0 Å². The Morgan fingerprint density at radius 2 is 1.94 bits per heavy atom. The number of nitrogens with zero attached hydrogens (tertiary/aromatic N) is 1. The third-order valence-electron chi connectivity index (χ3n) is 2.23. The lowest BCUT2D eigenvalue weighted by atomic mass is 10.1. The van der Waals surface area contributed by atoms with Crippen LogP contribution >= 0.6 is 15.9 Å². The Morgan fingerprint density at radius 3 is 2.56 bits per heavy atom. The molecule has 0 amide bonds. The van der Waals surface area contributed by atoms with Crippen molar-refractivity contribution in [1.82, 2.24) is 4.98 Å². The third kappa shape index (κ3) is 3.01. The van der Waals surface area contributed by atoms with Crippen LogP contribution in [0.5, 0.6) is 0 Å². The average molecular weight is 317 g/mol. The molecule has 0 unspecified atom stereocenters. The summed E-state index contributed by atoms with van der Waals surface area (Å²) < 4.78 is 38.9. The largest absolute Gasteiger partial charge is 0.418 e. The number of hydrogen-bond donors (Lipinski definition) is 1. The molecule has 2 rings (SSSR count). The van der Waals surface area contributed by atoms with E-state index in [0.717, 1.165) is 6.07 Å². The molecule has 0 fully saturated rings. The first-order chi connectivity index (χ1) is 8.47. The molecule has 1 N–H and O–H groups in total. The zero-order valence-electron chi connectivity index (χ0n) is 9.00. The summed E-state index contributed by atoms with van der Waals surface area (Å²) in [5.74, 6) is 0. The molecule has 0 spiro atoms. The minimum absolute atomic E-state index is 0.00120. The number of aromatic nitrogens is 1. The molecule has 0 aliphatic heterocycles. The summed E-state index contributed by atoms with van der Waals surface area (Å²) >= 11 is 3.03. The average Bonchev–Trinajstić information content (AvgIpc) is 2.31. The molecule has 0 atom stereocenters. The number of halogens is 4. The van der Waals surface area contributed by atoms with Crippen LogP contribution in [-0.2, 0) is 6.18 Å². The van der Waals surface area contributed by atoms with Crippen molar-refractivity contribution < 1.29 is 13.2 Å². The molecule has 6 heteroatoms. The van der Waals surface area contributed by atoms with Crippen LogP contribution in [-0.4, -0.2) is 4.98 Å². The van der Waals surface area contributed by atoms with E-state index in [2.05, 4.69) is 26.2 Å². The van der Waals surface area contributed by atoms with Crippen LogP contribution in [0.1, 0.15) is 5.56 Å². The van der Waals surface area contributed by atoms with Gasteiger partial charge in [-0.05, 0) is 30.3 Å². The predicted octanol–water partition coefficient (Wildman–Crippen LogP) is 4.61. The van der Waals surface area contributed by atoms with E-state index < -0.39 is 11.7 Å². The van der Waals surface area contributed by atoms with Crippen molar-refractivity contribution in [3.05, 3.63) is 52.8 Å². The number of hydrogen-bond acceptors (Lipinski definition) is 2. The lowest BCUT2D eigenvalue weighted by Gasteiger charge is -2.14. The van der Waals surface area contributed by atoms with Gasteiger partial charge in [-0.2, -0.15) is 13.2 Å². The summed E-state index contributed by atoms with van der Waals surface area (Å²) in [7, 11) is 0. The highest BCUT2D eigenvalue weighted by Crippen LogP contribution is 2.37. The first kappa shape index (κ1) is 12.9. The molecule has 1 aromatic heterocycles. The van der Waals surface area contributed by atoms with Crippen LogP contribution in [0.3, 0.4) is 0 Å². The molecular formula is C12H8BrF3N2. The van der Waals surface area contributed by atoms with Gasteiger partial charge in [-0.3, -0.25) is 4.98 Å². The lowest BCUT2D eigenvalue weighted by molar-refractivity contribution is -0.137. The van der Waals surface area contributed by atoms with Crippen LogP contribution in [0.2, 0.25) is 0 Å². The molecule has 0 aliphatic rings. The van der Waals surface area contributed by atoms with E-state index in [1.54, 1.807) is 24.4 Å². The van der Waals surface area contributed by atoms with Gasteiger partial charge in [-0.15, -0.1) is 0 Å². The van der Waals surface area contributed by atoms with Gasteiger partial charge in [0.15, 0.2) is 0 Å². The number of rotatable bonds is 2. The topological polar surface area (TPSA) is 24.9 Å². The molecule has 1 heterocycles. The van der Waals surface area contributed by atoms with Crippen LogP contribution in [0.15, 0.2) is 47.2 Å². The Balaban J connectivity index is 2.39. The van der Waals surface area contributed by atoms with Crippen LogP contribution in [0, 0.1) is 0 Å². The molecular weight excluding hydrogens is 309 g/mol. The second-order valence-corrected chi connectivity index (χ2v) is 4.47. The van der Waals surface area contributed by atoms with E-state index in [0.29, 0.717) is 10.2 Å². The van der Waals surface area contributed by atoms with Crippen molar-refractivity contribution in [2.45, 2.75) is 6.18 Å². The van der Waals surface area contributed by atoms with Crippen molar-refractivity contribution in [3.63, 3.8) is 0 Å². The molecule has 0 aliphatic carbocycles. The van der Waals surface area contributed by atoms with Gasteiger partial charge in [0.1, 0.15) is 0 Å². The van der Waals surface area contributed by atoms with Crippen LogP contribution < -0.4 is 5.32 Å². The van der Waals surface area contributed by atoms with Crippen molar-refractivity contribution in [2.75, 3.05) is 5.32 Å². The van der Waals surface area contributed by atoms with E-state index in [4.69, 9.17) is 0 Å². The van der Waals surface area contributed by atoms with E-state index >= 15 is 0 Å². The van der Waals surface area contributed by atoms with Crippen LogP contribution in [0.25, 0.3) is 0 Å². The molecule has 1 aromatic carbocycles. The minimum atomic E-state index is -4.41. The van der Waals surface area contributed by atoms with Crippen molar-refractivity contribution in [1.29, 1.82) is 0 Å². The zero-order chi connectivity index (χ0) is 13.2. The third-order valence-corrected chi connectivity index (χ3v) is 2.72. The Kier molecular flexibility index (Phi) is 3.56. The standard InChI is InChI=1S/C12H8BrF3N2/c13-8-3-4-11(10(6-8)12(14,15)16)18-9-2-1-5-17-7-9/h1-7,18H. The summed E-state index contributed by atoms with van der Waals surface area (Å²) in [4.78, 5) is 3.84. The Morgan fingerprint density at radius 1 is 1.17 bits per heavy atom. The fraction of sp³-hybridized carbons (Fsp3) is 0.0833. The highest BCUT2D eigenvalue weighted by molar-refractivity contribution is 9.10. The van der Waals surface area contributed by atoms with Crippen molar-refractivity contribution in [3.8, 4) is 0 Å². The second-order valence-electron chi connectivity index (χ2n) is 3.55. The number of anilines is 2. The SMILES string of the molecule is FC(F)(F)c1cc(Br)ccc1Nc1cccnc1. The Labute approximate surface area is 110 Å². The first-order valence-corrected chi connectivity index (χ1v) is 5.80. The summed E-state index contributed by atoms with van der Waals surface area (Å²) in [6.45, 7) is 0. The van der Waals surface area contributed by atoms with E-state index in [1.165, 1.54) is 12.3 Å². The summed E-state index contributed by atoms with van der Waals surface area (Å²) in [5.41, 5.74) is -0.218. The van der Waals surface area contributed by atoms with Gasteiger partial charge in [0.25, 0.3) is 0 Å². The fourth-order valence-electron chi connectivity index (χ4n) is 1.45. The van der Waals surface area contributed by atoms with E-state index in [9.17, 15) is 13.2 Å². The first-order valence-electron chi connectivity index (χ1n) is 5.00. The zero-order valence-corrected chi connectivity index (χ0v) is 10.6. The Bertz CT molecular complexity index is 541. The number of alkyl halides is 3. The molecule has 0 radical (unpaired) electrons. The maximum atomic E-state index is 12.9. The van der Waals surface area contributed by atoms with Gasteiger partial charge < -0.3 is 5.32 Å². The molecule has 2 aromatic rings. The highest BCUT2D eigenvalue weighted by atomic mass is 79.9. The van der Waals surface area contributed by atoms with Crippen LogP contribution in [0.4, 0.5) is 24.5 Å². The fourth-order valence-corrected chi connectivity index (χ4v) is 1.81. The Hall–Kier alpha value is -1.56. The predicted molar refractivity (Wildman–Crippen MR) is 66.7 cm³/mol. The van der Waals surface area contributed by atoms with Gasteiger partial charge in [0.2, 0.25) is 0 Å². The molecule has 2 nitrogen and oxygen atoms in total. The van der Waals surface area contributed by atoms with Gasteiger partial charge in [0.05, 0.1) is 23.1 Å². The number of benzene rings is 1. The number of pyridine rings is 1. The smallest absolute Gasteiger partial charge is 0.354 e. The van der Waals surface area contributed by atoms with Crippen molar-refractivity contribution >= 4 is 27.3 Å². The molecule has 94 valence electrons. The maximum absolute atomic E-state index is 12.9. The molecule has 0 saturated carbocycles. The highest BCUT2D eigenvalue weighted by Gasteiger charge is 2.33. The summed E-state index contributed by atoms with van der Waals surface area (Å²) in [6.07, 6.45) is -1.39.